The van der Waals surface area contributed by atoms with Crippen molar-refractivity contribution in [2.45, 2.75) is 44.9 Å². The van der Waals surface area contributed by atoms with E-state index in [0.717, 1.165) is 26.3 Å². The molecule has 0 saturated carbocycles. The highest BCUT2D eigenvalue weighted by Gasteiger charge is 2.35. The summed E-state index contributed by atoms with van der Waals surface area (Å²) in [5, 5.41) is 0. The fraction of sp³-hybridized carbons (Fsp3) is 0.478. The second-order valence-electron chi connectivity index (χ2n) is 7.84. The lowest BCUT2D eigenvalue weighted by Gasteiger charge is -2.49. The van der Waals surface area contributed by atoms with Crippen LogP contribution in [0.25, 0.3) is 0 Å². The molecule has 0 atom stereocenters. The Labute approximate surface area is 157 Å². The van der Waals surface area contributed by atoms with Gasteiger partial charge in [0.15, 0.2) is 0 Å². The van der Waals surface area contributed by atoms with Crippen LogP contribution < -0.4 is 0 Å². The summed E-state index contributed by atoms with van der Waals surface area (Å²) in [7, 11) is 0. The molecule has 2 fully saturated rings. The van der Waals surface area contributed by atoms with Crippen LogP contribution in [0.3, 0.4) is 0 Å². The van der Waals surface area contributed by atoms with Crippen LogP contribution in [0.1, 0.15) is 29.5 Å². The number of rotatable bonds is 6. The van der Waals surface area contributed by atoms with E-state index in [1.807, 2.05) is 0 Å². The minimum absolute atomic E-state index is 0.662. The van der Waals surface area contributed by atoms with Crippen LogP contribution in [0.2, 0.25) is 0 Å². The quantitative estimate of drug-likeness (QED) is 0.787. The second kappa shape index (κ2) is 8.34. The van der Waals surface area contributed by atoms with E-state index in [2.05, 4.69) is 71.3 Å². The van der Waals surface area contributed by atoms with Gasteiger partial charge in [-0.2, -0.15) is 0 Å². The standard InChI is InChI=1S/C23H30N2O/c1-19-6-5-9-21(14-19)15-24-17-23(18-24)25(22-10-12-26-13-11-22)16-20-7-3-2-4-8-20/h2-9,14,22-23H,10-13,15-18H2,1H3. The zero-order chi connectivity index (χ0) is 17.8. The lowest BCUT2D eigenvalue weighted by Crippen LogP contribution is -2.61. The smallest absolute Gasteiger partial charge is 0.0480 e. The molecule has 26 heavy (non-hydrogen) atoms. The molecule has 2 aliphatic heterocycles. The minimum atomic E-state index is 0.662. The summed E-state index contributed by atoms with van der Waals surface area (Å²) in [6.45, 7) is 8.50. The van der Waals surface area contributed by atoms with E-state index in [1.165, 1.54) is 42.6 Å². The summed E-state index contributed by atoms with van der Waals surface area (Å²) in [6, 6.07) is 21.2. The van der Waals surface area contributed by atoms with Gasteiger partial charge in [0.25, 0.3) is 0 Å². The fourth-order valence-electron chi connectivity index (χ4n) is 4.32. The van der Waals surface area contributed by atoms with Crippen LogP contribution in [0, 0.1) is 6.92 Å². The van der Waals surface area contributed by atoms with Gasteiger partial charge in [0.05, 0.1) is 0 Å². The molecule has 4 rings (SSSR count). The highest BCUT2D eigenvalue weighted by molar-refractivity contribution is 5.22. The van der Waals surface area contributed by atoms with Crippen molar-refractivity contribution in [3.05, 3.63) is 71.3 Å². The Morgan fingerprint density at radius 2 is 1.65 bits per heavy atom. The van der Waals surface area contributed by atoms with Gasteiger partial charge in [-0.25, -0.2) is 0 Å². The lowest BCUT2D eigenvalue weighted by atomic mass is 9.98. The molecule has 2 aromatic carbocycles. The average molecular weight is 351 g/mol. The van der Waals surface area contributed by atoms with Gasteiger partial charge in [-0.1, -0.05) is 60.2 Å². The second-order valence-corrected chi connectivity index (χ2v) is 7.84. The molecular weight excluding hydrogens is 320 g/mol. The Kier molecular flexibility index (Phi) is 5.68. The van der Waals surface area contributed by atoms with Crippen LogP contribution in [0.5, 0.6) is 0 Å². The summed E-state index contributed by atoms with van der Waals surface area (Å²) < 4.78 is 5.61. The Morgan fingerprint density at radius 3 is 2.38 bits per heavy atom. The molecule has 0 aromatic heterocycles. The van der Waals surface area contributed by atoms with Crippen molar-refractivity contribution in [3.8, 4) is 0 Å². The molecular formula is C23H30N2O. The minimum Gasteiger partial charge on any atom is -0.381 e. The fourth-order valence-corrected chi connectivity index (χ4v) is 4.32. The van der Waals surface area contributed by atoms with Crippen molar-refractivity contribution in [3.63, 3.8) is 0 Å². The van der Waals surface area contributed by atoms with Crippen molar-refractivity contribution in [1.29, 1.82) is 0 Å². The van der Waals surface area contributed by atoms with Crippen molar-refractivity contribution in [1.82, 2.24) is 9.80 Å². The maximum Gasteiger partial charge on any atom is 0.0480 e. The molecule has 2 saturated heterocycles. The summed E-state index contributed by atoms with van der Waals surface area (Å²) in [5.74, 6) is 0. The normalized spacial score (nSPS) is 19.6. The highest BCUT2D eigenvalue weighted by atomic mass is 16.5. The van der Waals surface area contributed by atoms with Crippen LogP contribution in [0.4, 0.5) is 0 Å². The van der Waals surface area contributed by atoms with Gasteiger partial charge >= 0.3 is 0 Å². The number of likely N-dealkylation sites (tertiary alicyclic amines) is 1. The van der Waals surface area contributed by atoms with Gasteiger partial charge in [-0.15, -0.1) is 0 Å². The summed E-state index contributed by atoms with van der Waals surface area (Å²) in [4.78, 5) is 5.33. The molecule has 0 spiro atoms. The molecule has 3 heteroatoms. The number of hydrogen-bond acceptors (Lipinski definition) is 3. The number of aryl methyl sites for hydroxylation is 1. The molecule has 2 aromatic rings. The van der Waals surface area contributed by atoms with Crippen LogP contribution in [-0.2, 0) is 17.8 Å². The van der Waals surface area contributed by atoms with Gasteiger partial charge in [0.1, 0.15) is 0 Å². The molecule has 0 N–H and O–H groups in total. The molecule has 2 aliphatic rings. The lowest BCUT2D eigenvalue weighted by molar-refractivity contribution is -0.0379. The highest BCUT2D eigenvalue weighted by Crippen LogP contribution is 2.26. The van der Waals surface area contributed by atoms with E-state index in [4.69, 9.17) is 4.74 Å². The number of nitrogens with zero attached hydrogens (tertiary/aromatic N) is 2. The monoisotopic (exact) mass is 350 g/mol. The first-order valence-corrected chi connectivity index (χ1v) is 9.93. The van der Waals surface area contributed by atoms with E-state index in [9.17, 15) is 0 Å². The largest absolute Gasteiger partial charge is 0.381 e. The zero-order valence-corrected chi connectivity index (χ0v) is 15.8. The van der Waals surface area contributed by atoms with E-state index >= 15 is 0 Å². The molecule has 0 amide bonds. The first kappa shape index (κ1) is 17.7. The molecule has 0 aliphatic carbocycles. The molecule has 0 unspecified atom stereocenters. The van der Waals surface area contributed by atoms with E-state index in [-0.39, 0.29) is 0 Å². The third kappa shape index (κ3) is 4.35. The van der Waals surface area contributed by atoms with Gasteiger partial charge < -0.3 is 4.74 Å². The van der Waals surface area contributed by atoms with Crippen LogP contribution in [-0.4, -0.2) is 48.2 Å². The number of hydrogen-bond donors (Lipinski definition) is 0. The first-order chi connectivity index (χ1) is 12.8. The van der Waals surface area contributed by atoms with Crippen LogP contribution >= 0.6 is 0 Å². The molecule has 2 heterocycles. The van der Waals surface area contributed by atoms with Gasteiger partial charge in [-0.3, -0.25) is 9.80 Å². The molecule has 3 nitrogen and oxygen atoms in total. The maximum absolute atomic E-state index is 5.61. The van der Waals surface area contributed by atoms with Crippen molar-refractivity contribution < 1.29 is 4.74 Å². The first-order valence-electron chi connectivity index (χ1n) is 9.93. The van der Waals surface area contributed by atoms with Crippen molar-refractivity contribution in [2.75, 3.05) is 26.3 Å². The van der Waals surface area contributed by atoms with Crippen molar-refractivity contribution in [2.24, 2.45) is 0 Å². The zero-order valence-electron chi connectivity index (χ0n) is 15.8. The summed E-state index contributed by atoms with van der Waals surface area (Å²) in [5.41, 5.74) is 4.22. The van der Waals surface area contributed by atoms with Gasteiger partial charge in [0, 0.05) is 51.5 Å². The molecule has 138 valence electrons. The third-order valence-electron chi connectivity index (χ3n) is 5.76. The van der Waals surface area contributed by atoms with Gasteiger partial charge in [0.2, 0.25) is 0 Å². The SMILES string of the molecule is Cc1cccc(CN2CC(N(Cc3ccccc3)C3CCOCC3)C2)c1. The van der Waals surface area contributed by atoms with E-state index in [1.54, 1.807) is 0 Å². The third-order valence-corrected chi connectivity index (χ3v) is 5.76. The topological polar surface area (TPSA) is 15.7 Å². The number of benzene rings is 2. The van der Waals surface area contributed by atoms with Crippen molar-refractivity contribution >= 4 is 0 Å². The summed E-state index contributed by atoms with van der Waals surface area (Å²) >= 11 is 0. The van der Waals surface area contributed by atoms with E-state index < -0.39 is 0 Å². The molecule has 0 bridgehead atoms. The van der Waals surface area contributed by atoms with Crippen LogP contribution in [0.15, 0.2) is 54.6 Å². The Hall–Kier alpha value is -1.68. The Morgan fingerprint density at radius 1 is 0.923 bits per heavy atom. The molecule has 0 radical (unpaired) electrons. The summed E-state index contributed by atoms with van der Waals surface area (Å²) in [6.07, 6.45) is 2.34. The Balaban J connectivity index is 1.38. The predicted molar refractivity (Wildman–Crippen MR) is 106 cm³/mol. The Bertz CT molecular complexity index is 690. The maximum atomic E-state index is 5.61. The van der Waals surface area contributed by atoms with E-state index in [0.29, 0.717) is 12.1 Å². The predicted octanol–water partition coefficient (Wildman–Crippen LogP) is 3.86. The van der Waals surface area contributed by atoms with Gasteiger partial charge in [-0.05, 0) is 30.9 Å². The average Bonchev–Trinajstić information content (AvgIpc) is 2.64. The number of ether oxygens (including phenoxy) is 1.